The summed E-state index contributed by atoms with van der Waals surface area (Å²) >= 11 is 8.86. The predicted octanol–water partition coefficient (Wildman–Crippen LogP) is 2.14. The lowest BCUT2D eigenvalue weighted by Crippen LogP contribution is -2.43. The molecule has 1 saturated heterocycles. The van der Waals surface area contributed by atoms with Crippen LogP contribution in [-0.2, 0) is 8.67 Å². The lowest BCUT2D eigenvalue weighted by atomic mass is 10.1. The van der Waals surface area contributed by atoms with E-state index in [1.807, 2.05) is 0 Å². The van der Waals surface area contributed by atoms with Gasteiger partial charge in [-0.25, -0.2) is 14.9 Å². The summed E-state index contributed by atoms with van der Waals surface area (Å²) in [6, 6.07) is 0. The molecule has 2 aliphatic rings. The number of likely N-dealkylation sites (tertiary alicyclic amines) is 1. The van der Waals surface area contributed by atoms with Gasteiger partial charge in [0.05, 0.1) is 12.3 Å². The summed E-state index contributed by atoms with van der Waals surface area (Å²) in [5.74, 6) is 0.333. The molecule has 7 nitrogen and oxygen atoms in total. The molecule has 0 radical (unpaired) electrons. The van der Waals surface area contributed by atoms with Crippen LogP contribution in [0.4, 0.5) is 4.79 Å². The zero-order valence-corrected chi connectivity index (χ0v) is 12.2. The van der Waals surface area contributed by atoms with Gasteiger partial charge in [-0.3, -0.25) is 4.84 Å². The third-order valence-electron chi connectivity index (χ3n) is 2.87. The highest BCUT2D eigenvalue weighted by molar-refractivity contribution is 9.06. The molecule has 19 heavy (non-hydrogen) atoms. The lowest BCUT2D eigenvalue weighted by molar-refractivity contribution is -0.175. The van der Waals surface area contributed by atoms with Crippen molar-refractivity contribution in [2.75, 3.05) is 13.1 Å². The number of amides is 1. The molecule has 1 atom stereocenters. The first-order chi connectivity index (χ1) is 9.10. The number of rotatable bonds is 3. The maximum Gasteiger partial charge on any atom is 0.407 e. The Morgan fingerprint density at radius 1 is 1.53 bits per heavy atom. The van der Waals surface area contributed by atoms with Crippen LogP contribution in [0.3, 0.4) is 0 Å². The second kappa shape index (κ2) is 6.44. The smallest absolute Gasteiger partial charge is 0.407 e. The van der Waals surface area contributed by atoms with Crippen molar-refractivity contribution in [3.63, 3.8) is 0 Å². The van der Waals surface area contributed by atoms with Gasteiger partial charge in [-0.15, -0.1) is 0 Å². The first kappa shape index (κ1) is 14.4. The Morgan fingerprint density at radius 3 is 2.79 bits per heavy atom. The lowest BCUT2D eigenvalue weighted by Gasteiger charge is -2.34. The van der Waals surface area contributed by atoms with E-state index in [-0.39, 0.29) is 6.10 Å². The van der Waals surface area contributed by atoms with Crippen molar-refractivity contribution in [3.8, 4) is 0 Å². The zero-order valence-electron chi connectivity index (χ0n) is 9.91. The molecule has 0 saturated carbocycles. The number of carboxylic acid groups (broad SMARTS) is 1. The summed E-state index contributed by atoms with van der Waals surface area (Å²) in [6.07, 6.45) is 3.31. The molecule has 1 amide bonds. The summed E-state index contributed by atoms with van der Waals surface area (Å²) < 4.78 is 4.82. The largest absolute Gasteiger partial charge is 0.465 e. The van der Waals surface area contributed by atoms with Gasteiger partial charge in [0.25, 0.3) is 0 Å². The van der Waals surface area contributed by atoms with E-state index in [9.17, 15) is 4.79 Å². The number of piperidine rings is 1. The average Bonchev–Trinajstić information content (AvgIpc) is 2.42. The fourth-order valence-electron chi connectivity index (χ4n) is 1.87. The van der Waals surface area contributed by atoms with Crippen LogP contribution in [0.25, 0.3) is 0 Å². The molecule has 0 aromatic rings. The number of halogens is 2. The van der Waals surface area contributed by atoms with Crippen LogP contribution in [0.2, 0.25) is 0 Å². The van der Waals surface area contributed by atoms with Gasteiger partial charge in [-0.1, -0.05) is 11.6 Å². The molecule has 1 fully saturated rings. The highest BCUT2D eigenvalue weighted by Crippen LogP contribution is 2.21. The highest BCUT2D eigenvalue weighted by atomic mass is 79.9. The molecule has 0 aliphatic carbocycles. The number of carbonyl (C=O) groups is 1. The molecule has 0 aromatic carbocycles. The van der Waals surface area contributed by atoms with Crippen LogP contribution in [-0.4, -0.2) is 52.1 Å². The van der Waals surface area contributed by atoms with Gasteiger partial charge in [0.1, 0.15) is 0 Å². The fraction of sp³-hybridized carbons (Fsp3) is 0.600. The van der Waals surface area contributed by atoms with Crippen molar-refractivity contribution in [2.24, 2.45) is 4.99 Å². The van der Waals surface area contributed by atoms with Gasteiger partial charge in [0.2, 0.25) is 5.88 Å². The molecule has 2 heterocycles. The van der Waals surface area contributed by atoms with Crippen molar-refractivity contribution < 1.29 is 18.6 Å². The summed E-state index contributed by atoms with van der Waals surface area (Å²) in [6.45, 7) is 0.917. The van der Waals surface area contributed by atoms with E-state index in [4.69, 9.17) is 25.4 Å². The van der Waals surface area contributed by atoms with Crippen LogP contribution >= 0.6 is 27.9 Å². The molecule has 9 heteroatoms. The molecule has 0 spiro atoms. The minimum absolute atomic E-state index is 0.0730. The number of hydrogen-bond donors (Lipinski definition) is 1. The molecule has 1 unspecified atom stereocenters. The van der Waals surface area contributed by atoms with E-state index in [1.165, 1.54) is 22.4 Å². The van der Waals surface area contributed by atoms with E-state index in [2.05, 4.69) is 21.3 Å². The van der Waals surface area contributed by atoms with Gasteiger partial charge in [0, 0.05) is 19.3 Å². The van der Waals surface area contributed by atoms with E-state index in [0.29, 0.717) is 31.8 Å². The molecule has 1 N–H and O–H groups in total. The van der Waals surface area contributed by atoms with Crippen LogP contribution < -0.4 is 0 Å². The third kappa shape index (κ3) is 3.74. The van der Waals surface area contributed by atoms with Crippen molar-refractivity contribution in [1.82, 2.24) is 9.96 Å². The Hall–Kier alpha value is -0.990. The summed E-state index contributed by atoms with van der Waals surface area (Å²) in [4.78, 5) is 21.8. The zero-order chi connectivity index (χ0) is 13.8. The van der Waals surface area contributed by atoms with Gasteiger partial charge in [-0.2, -0.15) is 0 Å². The van der Waals surface area contributed by atoms with Gasteiger partial charge < -0.3 is 13.8 Å². The first-order valence-electron chi connectivity index (χ1n) is 5.72. The summed E-state index contributed by atoms with van der Waals surface area (Å²) in [7, 11) is 0. The van der Waals surface area contributed by atoms with Crippen molar-refractivity contribution in [1.29, 1.82) is 0 Å². The van der Waals surface area contributed by atoms with E-state index >= 15 is 0 Å². The second-order valence-corrected chi connectivity index (χ2v) is 4.90. The molecular weight excluding hydrogens is 341 g/mol. The third-order valence-corrected chi connectivity index (χ3v) is 3.50. The number of hydroxylamine groups is 2. The molecule has 0 aromatic heterocycles. The maximum atomic E-state index is 10.8. The van der Waals surface area contributed by atoms with Crippen molar-refractivity contribution in [3.05, 3.63) is 12.1 Å². The molecule has 0 bridgehead atoms. The number of aliphatic imine (C=N–C) groups is 1. The van der Waals surface area contributed by atoms with E-state index in [1.54, 1.807) is 0 Å². The van der Waals surface area contributed by atoms with Crippen LogP contribution in [0.1, 0.15) is 12.8 Å². The van der Waals surface area contributed by atoms with E-state index in [0.717, 1.165) is 0 Å². The first-order valence-corrected chi connectivity index (χ1v) is 6.80. The Labute approximate surface area is 123 Å². The number of hydrogen-bond acceptors (Lipinski definition) is 5. The minimum atomic E-state index is -0.895. The second-order valence-electron chi connectivity index (χ2n) is 4.13. The van der Waals surface area contributed by atoms with Gasteiger partial charge >= 0.3 is 6.09 Å². The Kier molecular flexibility index (Phi) is 4.89. The Bertz CT molecular complexity index is 398. The summed E-state index contributed by atoms with van der Waals surface area (Å²) in [5.41, 5.74) is -0.510. The maximum absolute atomic E-state index is 10.8. The quantitative estimate of drug-likeness (QED) is 0.621. The standard InChI is InChI=1S/C10H13BrClN3O4/c11-18-9-6-15(8(12)5-13-9)19-7-1-3-14(4-2-7)10(16)17/h5-8H,1-4H2,(H,16,17). The van der Waals surface area contributed by atoms with Crippen LogP contribution in [0, 0.1) is 0 Å². The fourth-order valence-corrected chi connectivity index (χ4v) is 2.19. The average molecular weight is 355 g/mol. The van der Waals surface area contributed by atoms with Crippen molar-refractivity contribution in [2.45, 2.75) is 24.4 Å². The summed E-state index contributed by atoms with van der Waals surface area (Å²) in [5, 5.41) is 10.3. The monoisotopic (exact) mass is 353 g/mol. The predicted molar refractivity (Wildman–Crippen MR) is 71.8 cm³/mol. The molecular formula is C10H13BrClN3O4. The van der Waals surface area contributed by atoms with Crippen LogP contribution in [0.5, 0.6) is 0 Å². The Morgan fingerprint density at radius 2 is 2.21 bits per heavy atom. The molecule has 2 rings (SSSR count). The molecule has 2 aliphatic heterocycles. The number of alkyl halides is 1. The highest BCUT2D eigenvalue weighted by Gasteiger charge is 2.27. The van der Waals surface area contributed by atoms with Crippen molar-refractivity contribution >= 4 is 40.2 Å². The molecule has 106 valence electrons. The number of nitrogens with zero attached hydrogens (tertiary/aromatic N) is 3. The topological polar surface area (TPSA) is 74.6 Å². The SMILES string of the molecule is O=C(O)N1CCC(ON2C=C(OBr)N=CC2Cl)CC1. The van der Waals surface area contributed by atoms with Gasteiger partial charge in [0.15, 0.2) is 21.8 Å². The Balaban J connectivity index is 1.87. The van der Waals surface area contributed by atoms with Crippen LogP contribution in [0.15, 0.2) is 17.1 Å². The van der Waals surface area contributed by atoms with Gasteiger partial charge in [-0.05, 0) is 12.8 Å². The van der Waals surface area contributed by atoms with E-state index < -0.39 is 11.6 Å². The minimum Gasteiger partial charge on any atom is -0.465 e. The normalized spacial score (nSPS) is 24.3.